The summed E-state index contributed by atoms with van der Waals surface area (Å²) in [4.78, 5) is 4.54. The Bertz CT molecular complexity index is 285. The van der Waals surface area contributed by atoms with E-state index in [1.54, 1.807) is 0 Å². The number of hydrogen-bond donors (Lipinski definition) is 2. The summed E-state index contributed by atoms with van der Waals surface area (Å²) >= 11 is 0. The summed E-state index contributed by atoms with van der Waals surface area (Å²) in [5, 5.41) is 11.9. The van der Waals surface area contributed by atoms with E-state index in [2.05, 4.69) is 22.0 Å². The fourth-order valence-electron chi connectivity index (χ4n) is 2.69. The molecule has 2 atom stereocenters. The second-order valence-corrected chi connectivity index (χ2v) is 4.93. The van der Waals surface area contributed by atoms with Crippen molar-refractivity contribution in [3.63, 3.8) is 0 Å². The molecule has 0 spiro atoms. The van der Waals surface area contributed by atoms with E-state index >= 15 is 0 Å². The minimum atomic E-state index is 0.0795. The number of rotatable bonds is 3. The highest BCUT2D eigenvalue weighted by molar-refractivity contribution is 5.85. The number of morpholine rings is 1. The van der Waals surface area contributed by atoms with Crippen molar-refractivity contribution in [2.75, 3.05) is 39.8 Å². The SMILES string of the molecule is CN1CCOC(CN2CCCC2C(N)=NO)C1. The van der Waals surface area contributed by atoms with Crippen LogP contribution in [0.3, 0.4) is 0 Å². The van der Waals surface area contributed by atoms with Crippen LogP contribution in [0, 0.1) is 0 Å². The fraction of sp³-hybridized carbons (Fsp3) is 0.909. The van der Waals surface area contributed by atoms with Gasteiger partial charge in [0, 0.05) is 19.6 Å². The molecule has 2 heterocycles. The Morgan fingerprint density at radius 3 is 3.06 bits per heavy atom. The third-order valence-electron chi connectivity index (χ3n) is 3.60. The zero-order valence-corrected chi connectivity index (χ0v) is 10.4. The zero-order chi connectivity index (χ0) is 12.3. The minimum Gasteiger partial charge on any atom is -0.409 e. The molecule has 2 aliphatic heterocycles. The first-order valence-corrected chi connectivity index (χ1v) is 6.22. The van der Waals surface area contributed by atoms with E-state index in [0.717, 1.165) is 45.6 Å². The van der Waals surface area contributed by atoms with Gasteiger partial charge in [-0.15, -0.1) is 0 Å². The third kappa shape index (κ3) is 3.08. The Hall–Kier alpha value is -0.850. The summed E-state index contributed by atoms with van der Waals surface area (Å²) in [7, 11) is 2.11. The molecule has 2 rings (SSSR count). The highest BCUT2D eigenvalue weighted by atomic mass is 16.5. The van der Waals surface area contributed by atoms with E-state index in [9.17, 15) is 0 Å². The maximum atomic E-state index is 8.76. The van der Waals surface area contributed by atoms with E-state index < -0.39 is 0 Å². The molecule has 2 fully saturated rings. The van der Waals surface area contributed by atoms with Crippen molar-refractivity contribution in [3.05, 3.63) is 0 Å². The van der Waals surface area contributed by atoms with Crippen LogP contribution in [0.2, 0.25) is 0 Å². The molecule has 6 heteroatoms. The first-order valence-electron chi connectivity index (χ1n) is 6.22. The molecule has 0 aliphatic carbocycles. The van der Waals surface area contributed by atoms with Gasteiger partial charge in [-0.05, 0) is 26.4 Å². The van der Waals surface area contributed by atoms with Crippen LogP contribution in [-0.4, -0.2) is 72.8 Å². The molecule has 2 saturated heterocycles. The van der Waals surface area contributed by atoms with Crippen molar-refractivity contribution in [2.45, 2.75) is 25.0 Å². The van der Waals surface area contributed by atoms with Crippen LogP contribution < -0.4 is 5.73 Å². The molecule has 98 valence electrons. The van der Waals surface area contributed by atoms with Crippen molar-refractivity contribution in [1.29, 1.82) is 0 Å². The molecular formula is C11H22N4O2. The number of likely N-dealkylation sites (N-methyl/N-ethyl adjacent to an activating group) is 1. The molecule has 0 bridgehead atoms. The van der Waals surface area contributed by atoms with Crippen molar-refractivity contribution in [3.8, 4) is 0 Å². The maximum absolute atomic E-state index is 8.76. The van der Waals surface area contributed by atoms with Crippen LogP contribution in [-0.2, 0) is 4.74 Å². The number of ether oxygens (including phenoxy) is 1. The third-order valence-corrected chi connectivity index (χ3v) is 3.60. The minimum absolute atomic E-state index is 0.0795. The monoisotopic (exact) mass is 242 g/mol. The average molecular weight is 242 g/mol. The van der Waals surface area contributed by atoms with Gasteiger partial charge in [-0.1, -0.05) is 5.16 Å². The fourth-order valence-corrected chi connectivity index (χ4v) is 2.69. The van der Waals surface area contributed by atoms with Crippen molar-refractivity contribution in [2.24, 2.45) is 10.9 Å². The summed E-state index contributed by atoms with van der Waals surface area (Å²) in [6.07, 6.45) is 2.31. The van der Waals surface area contributed by atoms with Gasteiger partial charge in [0.2, 0.25) is 0 Å². The first kappa shape index (κ1) is 12.6. The van der Waals surface area contributed by atoms with E-state index in [-0.39, 0.29) is 12.1 Å². The lowest BCUT2D eigenvalue weighted by atomic mass is 10.2. The van der Waals surface area contributed by atoms with Crippen LogP contribution in [0.4, 0.5) is 0 Å². The predicted molar refractivity (Wildman–Crippen MR) is 65.2 cm³/mol. The van der Waals surface area contributed by atoms with Gasteiger partial charge < -0.3 is 20.6 Å². The lowest BCUT2D eigenvalue weighted by Crippen LogP contribution is -2.49. The molecule has 0 aromatic carbocycles. The number of oxime groups is 1. The van der Waals surface area contributed by atoms with E-state index in [0.29, 0.717) is 5.84 Å². The first-order chi connectivity index (χ1) is 8.20. The average Bonchev–Trinajstić information content (AvgIpc) is 2.76. The van der Waals surface area contributed by atoms with E-state index in [4.69, 9.17) is 15.7 Å². The molecule has 3 N–H and O–H groups in total. The largest absolute Gasteiger partial charge is 0.409 e. The van der Waals surface area contributed by atoms with Gasteiger partial charge in [0.25, 0.3) is 0 Å². The summed E-state index contributed by atoms with van der Waals surface area (Å²) in [5.41, 5.74) is 5.71. The standard InChI is InChI=1S/C11H22N4O2/c1-14-5-6-17-9(7-14)8-15-4-2-3-10(15)11(12)13-16/h9-10,16H,2-8H2,1H3,(H2,12,13). The quantitative estimate of drug-likeness (QED) is 0.303. The predicted octanol–water partition coefficient (Wildman–Crippen LogP) is -0.472. The number of nitrogens with zero attached hydrogens (tertiary/aromatic N) is 3. The molecule has 2 aliphatic rings. The lowest BCUT2D eigenvalue weighted by molar-refractivity contribution is -0.0348. The van der Waals surface area contributed by atoms with Gasteiger partial charge >= 0.3 is 0 Å². The van der Waals surface area contributed by atoms with Gasteiger partial charge in [-0.3, -0.25) is 4.90 Å². The van der Waals surface area contributed by atoms with Crippen LogP contribution in [0.1, 0.15) is 12.8 Å². The lowest BCUT2D eigenvalue weighted by Gasteiger charge is -2.34. The molecular weight excluding hydrogens is 220 g/mol. The molecule has 0 aromatic rings. The van der Waals surface area contributed by atoms with Gasteiger partial charge in [0.1, 0.15) is 0 Å². The van der Waals surface area contributed by atoms with Crippen LogP contribution in [0.15, 0.2) is 5.16 Å². The van der Waals surface area contributed by atoms with Gasteiger partial charge in [-0.25, -0.2) is 0 Å². The van der Waals surface area contributed by atoms with Crippen molar-refractivity contribution < 1.29 is 9.94 Å². The maximum Gasteiger partial charge on any atom is 0.156 e. The molecule has 0 amide bonds. The Morgan fingerprint density at radius 1 is 1.53 bits per heavy atom. The molecule has 0 aromatic heterocycles. The highest BCUT2D eigenvalue weighted by Crippen LogP contribution is 2.19. The van der Waals surface area contributed by atoms with Crippen LogP contribution >= 0.6 is 0 Å². The van der Waals surface area contributed by atoms with E-state index in [1.807, 2.05) is 0 Å². The Labute approximate surface area is 102 Å². The topological polar surface area (TPSA) is 74.3 Å². The molecule has 0 radical (unpaired) electrons. The summed E-state index contributed by atoms with van der Waals surface area (Å²) in [6, 6.07) is 0.0795. The van der Waals surface area contributed by atoms with Crippen LogP contribution in [0.5, 0.6) is 0 Å². The van der Waals surface area contributed by atoms with Crippen LogP contribution in [0.25, 0.3) is 0 Å². The highest BCUT2D eigenvalue weighted by Gasteiger charge is 2.31. The van der Waals surface area contributed by atoms with Gasteiger partial charge in [-0.2, -0.15) is 0 Å². The summed E-state index contributed by atoms with van der Waals surface area (Å²) in [5.74, 6) is 0.326. The number of amidine groups is 1. The zero-order valence-electron chi connectivity index (χ0n) is 10.4. The van der Waals surface area contributed by atoms with Crippen molar-refractivity contribution in [1.82, 2.24) is 9.80 Å². The smallest absolute Gasteiger partial charge is 0.156 e. The number of likely N-dealkylation sites (tertiary alicyclic amines) is 1. The van der Waals surface area contributed by atoms with Crippen molar-refractivity contribution >= 4 is 5.84 Å². The Morgan fingerprint density at radius 2 is 2.35 bits per heavy atom. The second-order valence-electron chi connectivity index (χ2n) is 4.93. The molecule has 2 unspecified atom stereocenters. The van der Waals surface area contributed by atoms with E-state index in [1.165, 1.54) is 0 Å². The number of hydrogen-bond acceptors (Lipinski definition) is 5. The molecule has 17 heavy (non-hydrogen) atoms. The van der Waals surface area contributed by atoms with Gasteiger partial charge in [0.15, 0.2) is 5.84 Å². The Kier molecular flexibility index (Phi) is 4.20. The number of nitrogens with two attached hydrogens (primary N) is 1. The molecule has 6 nitrogen and oxygen atoms in total. The summed E-state index contributed by atoms with van der Waals surface area (Å²) in [6.45, 7) is 4.62. The normalized spacial score (nSPS) is 33.1. The second kappa shape index (κ2) is 5.66. The Balaban J connectivity index is 1.89. The molecule has 0 saturated carbocycles. The van der Waals surface area contributed by atoms with Gasteiger partial charge in [0.05, 0.1) is 18.8 Å². The summed E-state index contributed by atoms with van der Waals surface area (Å²) < 4.78 is 5.75.